The van der Waals surface area contributed by atoms with E-state index in [-0.39, 0.29) is 66.1 Å². The molecule has 10 heteroatoms. The number of hydrogen-bond donors (Lipinski definition) is 1. The van der Waals surface area contributed by atoms with Crippen molar-refractivity contribution in [2.45, 2.75) is 78.1 Å². The maximum absolute atomic E-state index is 13.0. The molecule has 1 saturated carbocycles. The number of hydrogen-bond acceptors (Lipinski definition) is 7. The van der Waals surface area contributed by atoms with Gasteiger partial charge in [-0.2, -0.15) is 0 Å². The Morgan fingerprint density at radius 2 is 1.92 bits per heavy atom. The van der Waals surface area contributed by atoms with E-state index in [1.165, 1.54) is 0 Å². The average Bonchev–Trinajstić information content (AvgIpc) is 3.35. The van der Waals surface area contributed by atoms with Crippen molar-refractivity contribution >= 4 is 29.2 Å². The second-order valence-corrected chi connectivity index (χ2v) is 11.3. The molecule has 1 amide bonds. The molecule has 0 saturated heterocycles. The number of carboxylic acid groups (broad SMARTS) is 1. The molecule has 1 N–H and O–H groups in total. The molecule has 0 unspecified atom stereocenters. The first kappa shape index (κ1) is 29.4. The summed E-state index contributed by atoms with van der Waals surface area (Å²) in [6.45, 7) is 8.27. The molecule has 8 nitrogen and oxygen atoms in total. The molecule has 2 heterocycles. The van der Waals surface area contributed by atoms with Crippen LogP contribution < -0.4 is 40.0 Å². The molecule has 192 valence electrons. The summed E-state index contributed by atoms with van der Waals surface area (Å²) in [5.41, 5.74) is 3.56. The van der Waals surface area contributed by atoms with Gasteiger partial charge in [0, 0.05) is 36.4 Å². The predicted octanol–water partition coefficient (Wildman–Crippen LogP) is 2.40. The Kier molecular flexibility index (Phi) is 9.67. The van der Waals surface area contributed by atoms with Crippen molar-refractivity contribution in [3.8, 4) is 11.5 Å². The molecule has 1 aliphatic rings. The van der Waals surface area contributed by atoms with Gasteiger partial charge in [0.05, 0.1) is 16.4 Å². The van der Waals surface area contributed by atoms with E-state index >= 15 is 0 Å². The molecular weight excluding hydrogens is 505 g/mol. The third-order valence-corrected chi connectivity index (χ3v) is 6.46. The number of aromatic nitrogens is 2. The first-order valence-electron chi connectivity index (χ1n) is 12.2. The van der Waals surface area contributed by atoms with Gasteiger partial charge in [-0.3, -0.25) is 4.79 Å². The summed E-state index contributed by atoms with van der Waals surface area (Å²) < 4.78 is 11.3. The van der Waals surface area contributed by atoms with Gasteiger partial charge in [0.15, 0.2) is 11.5 Å². The molecule has 37 heavy (non-hydrogen) atoms. The molecule has 1 aromatic carbocycles. The monoisotopic (exact) mass is 535 g/mol. The number of nitrogens with zero attached hydrogens (tertiary/aromatic N) is 2. The Balaban J connectivity index is 0.00000380. The minimum absolute atomic E-state index is 0. The van der Waals surface area contributed by atoms with Crippen LogP contribution in [0.5, 0.6) is 0 Å². The van der Waals surface area contributed by atoms with Crippen molar-refractivity contribution in [1.29, 1.82) is 0 Å². The molecule has 1 aliphatic carbocycles. The fraction of sp³-hybridized carbons (Fsp3) is 0.481. The summed E-state index contributed by atoms with van der Waals surface area (Å²) in [4.78, 5) is 24.2. The van der Waals surface area contributed by atoms with Crippen LogP contribution in [-0.2, 0) is 16.0 Å². The summed E-state index contributed by atoms with van der Waals surface area (Å²) in [5.74, 6) is -0.437. The zero-order valence-corrected chi connectivity index (χ0v) is 24.8. The Morgan fingerprint density at radius 3 is 2.54 bits per heavy atom. The van der Waals surface area contributed by atoms with Crippen LogP contribution >= 0.6 is 11.6 Å². The van der Waals surface area contributed by atoms with Crippen molar-refractivity contribution in [3.63, 3.8) is 0 Å². The number of carbonyl (C=O) groups is 2. The van der Waals surface area contributed by atoms with Gasteiger partial charge in [-0.05, 0) is 61.6 Å². The third-order valence-electron chi connectivity index (χ3n) is 6.15. The van der Waals surface area contributed by atoms with Gasteiger partial charge in [-0.1, -0.05) is 48.8 Å². The Morgan fingerprint density at radius 1 is 1.19 bits per heavy atom. The number of aliphatic carboxylic acids is 1. The third kappa shape index (κ3) is 7.93. The number of benzene rings is 1. The zero-order valence-electron chi connectivity index (χ0n) is 22.0. The summed E-state index contributed by atoms with van der Waals surface area (Å²) >= 11 is 6.27. The largest absolute Gasteiger partial charge is 1.00 e. The topological polar surface area (TPSA) is 121 Å². The van der Waals surface area contributed by atoms with Crippen molar-refractivity contribution in [3.05, 3.63) is 51.9 Å². The smallest absolute Gasteiger partial charge is 0.550 e. The van der Waals surface area contributed by atoms with E-state index in [0.717, 1.165) is 36.1 Å². The second-order valence-electron chi connectivity index (χ2n) is 10.8. The van der Waals surface area contributed by atoms with Gasteiger partial charge in [0.2, 0.25) is 5.91 Å². The fourth-order valence-electron chi connectivity index (χ4n) is 4.36. The molecule has 4 rings (SSSR count). The summed E-state index contributed by atoms with van der Waals surface area (Å²) in [6.07, 6.45) is 2.66. The molecule has 0 aliphatic heterocycles. The molecule has 1 atom stereocenters. The van der Waals surface area contributed by atoms with Crippen molar-refractivity contribution < 1.29 is 53.3 Å². The molecule has 0 spiro atoms. The van der Waals surface area contributed by atoms with E-state index in [0.29, 0.717) is 27.9 Å². The minimum Gasteiger partial charge on any atom is -0.550 e. The Hall–Kier alpha value is -2.13. The van der Waals surface area contributed by atoms with E-state index in [1.54, 1.807) is 12.1 Å². The van der Waals surface area contributed by atoms with E-state index in [1.807, 2.05) is 19.1 Å². The van der Waals surface area contributed by atoms with Crippen molar-refractivity contribution in [2.24, 2.45) is 5.41 Å². The Labute approximate surface area is 243 Å². The first-order chi connectivity index (χ1) is 17.0. The van der Waals surface area contributed by atoms with E-state index in [2.05, 4.69) is 36.4 Å². The number of anilines is 1. The molecular formula is C27H31ClN3NaO5. The maximum atomic E-state index is 13.0. The van der Waals surface area contributed by atoms with Gasteiger partial charge in [0.25, 0.3) is 0 Å². The molecule has 0 radical (unpaired) electrons. The van der Waals surface area contributed by atoms with Gasteiger partial charge < -0.3 is 24.3 Å². The fourth-order valence-corrected chi connectivity index (χ4v) is 4.64. The van der Waals surface area contributed by atoms with Gasteiger partial charge >= 0.3 is 29.6 Å². The maximum Gasteiger partial charge on any atom is 1.00 e. The SMILES string of the molecule is Cc1ccc(NC(=O)C[C@H](CCC(=O)[O-])c2noc(-c3cc(CC(C)(C)C)on3)c2C2CC2)c(Cl)c1.[Na+]. The second kappa shape index (κ2) is 12.2. The van der Waals surface area contributed by atoms with Crippen LogP contribution in [0.1, 0.15) is 87.3 Å². The molecule has 1 fully saturated rings. The van der Waals surface area contributed by atoms with Gasteiger partial charge in [-0.15, -0.1) is 0 Å². The van der Waals surface area contributed by atoms with Gasteiger partial charge in [-0.25, -0.2) is 0 Å². The standard InChI is InChI=1S/C27H32ClN3O5.Na/c1-15-5-9-20(19(28)11-15)29-22(32)12-17(8-10-23(33)34)25-24(16-6-7-16)26(36-31-25)21-13-18(35-30-21)14-27(2,3)4;/h5,9,11,13,16-17H,6-8,10,12,14H2,1-4H3,(H,29,32)(H,33,34);/q;+1/p-1/t17-;/m0./s1. The van der Waals surface area contributed by atoms with Crippen LogP contribution in [0.2, 0.25) is 5.02 Å². The van der Waals surface area contributed by atoms with Crippen molar-refractivity contribution in [2.75, 3.05) is 5.32 Å². The number of carbonyl (C=O) groups excluding carboxylic acids is 2. The van der Waals surface area contributed by atoms with E-state index < -0.39 is 11.9 Å². The minimum atomic E-state index is -1.18. The quantitative estimate of drug-likeness (QED) is 0.396. The first-order valence-corrected chi connectivity index (χ1v) is 12.6. The Bertz CT molecular complexity index is 1260. The van der Waals surface area contributed by atoms with Crippen LogP contribution in [-0.4, -0.2) is 22.2 Å². The van der Waals surface area contributed by atoms with Gasteiger partial charge in [0.1, 0.15) is 5.76 Å². The number of rotatable bonds is 10. The number of nitrogens with one attached hydrogen (secondary N) is 1. The van der Waals surface area contributed by atoms with Crippen LogP contribution in [0.25, 0.3) is 11.5 Å². The van der Waals surface area contributed by atoms with Crippen LogP contribution in [0.4, 0.5) is 5.69 Å². The van der Waals surface area contributed by atoms with E-state index in [9.17, 15) is 14.7 Å². The van der Waals surface area contributed by atoms with E-state index in [4.69, 9.17) is 20.6 Å². The number of aryl methyl sites for hydroxylation is 1. The number of amides is 1. The summed E-state index contributed by atoms with van der Waals surface area (Å²) in [5, 5.41) is 23.1. The van der Waals surface area contributed by atoms with Crippen LogP contribution in [0.3, 0.4) is 0 Å². The summed E-state index contributed by atoms with van der Waals surface area (Å²) in [6, 6.07) is 7.24. The zero-order chi connectivity index (χ0) is 26.0. The molecule has 0 bridgehead atoms. The number of carboxylic acids is 1. The van der Waals surface area contributed by atoms with Crippen molar-refractivity contribution in [1.82, 2.24) is 10.3 Å². The van der Waals surface area contributed by atoms with Crippen LogP contribution in [0.15, 0.2) is 33.3 Å². The van der Waals surface area contributed by atoms with Crippen LogP contribution in [0, 0.1) is 12.3 Å². The normalized spacial score (nSPS) is 14.2. The summed E-state index contributed by atoms with van der Waals surface area (Å²) in [7, 11) is 0. The molecule has 2 aromatic heterocycles. The molecule has 3 aromatic rings. The number of halogens is 1. The predicted molar refractivity (Wildman–Crippen MR) is 134 cm³/mol. The average molecular weight is 536 g/mol.